The Bertz CT molecular complexity index is 980. The Hall–Kier alpha value is -3.24. The number of ether oxygens (including phenoxy) is 1. The van der Waals surface area contributed by atoms with Gasteiger partial charge in [0, 0.05) is 18.7 Å². The van der Waals surface area contributed by atoms with Gasteiger partial charge in [-0.3, -0.25) is 19.7 Å². The molecule has 1 aromatic carbocycles. The molecule has 0 unspecified atom stereocenters. The Morgan fingerprint density at radius 3 is 2.46 bits per heavy atom. The van der Waals surface area contributed by atoms with Gasteiger partial charge in [0.25, 0.3) is 11.8 Å². The monoisotopic (exact) mass is 405 g/mol. The molecule has 9 nitrogen and oxygen atoms in total. The van der Waals surface area contributed by atoms with Crippen molar-refractivity contribution in [3.05, 3.63) is 65.3 Å². The van der Waals surface area contributed by atoms with Crippen LogP contribution in [-0.2, 0) is 31.4 Å². The average molecular weight is 405 g/mol. The van der Waals surface area contributed by atoms with E-state index in [0.717, 1.165) is 5.41 Å². The molecule has 0 spiro atoms. The fourth-order valence-corrected chi connectivity index (χ4v) is 2.81. The zero-order chi connectivity index (χ0) is 20.6. The summed E-state index contributed by atoms with van der Waals surface area (Å²) in [5.41, 5.74) is 0.938. The van der Waals surface area contributed by atoms with Gasteiger partial charge in [0.2, 0.25) is 10.0 Å². The maximum absolute atomic E-state index is 11.8. The van der Waals surface area contributed by atoms with Crippen LogP contribution in [0.2, 0.25) is 0 Å². The summed E-state index contributed by atoms with van der Waals surface area (Å²) >= 11 is 0. The van der Waals surface area contributed by atoms with E-state index in [2.05, 4.69) is 10.1 Å². The molecular weight excluding hydrogens is 386 g/mol. The third-order valence-electron chi connectivity index (χ3n) is 3.45. The lowest BCUT2D eigenvalue weighted by Gasteiger charge is -2.07. The van der Waals surface area contributed by atoms with Gasteiger partial charge < -0.3 is 9.30 Å². The third-order valence-corrected chi connectivity index (χ3v) is 4.49. The molecule has 1 heterocycles. The maximum atomic E-state index is 11.8. The minimum Gasteiger partial charge on any atom is -0.455 e. The predicted octanol–water partition coefficient (Wildman–Crippen LogP) is 0.415. The van der Waals surface area contributed by atoms with Crippen molar-refractivity contribution in [3.63, 3.8) is 0 Å². The van der Waals surface area contributed by atoms with Crippen LogP contribution in [0.4, 0.5) is 0 Å². The van der Waals surface area contributed by atoms with E-state index < -0.39 is 41.0 Å². The number of carbonyl (C=O) groups excluding carboxylic acids is 3. The van der Waals surface area contributed by atoms with Gasteiger partial charge in [-0.2, -0.15) is 0 Å². The van der Waals surface area contributed by atoms with E-state index in [9.17, 15) is 22.8 Å². The second-order valence-corrected chi connectivity index (χ2v) is 7.27. The minimum atomic E-state index is -3.86. The first-order valence-electron chi connectivity index (χ1n) is 8.11. The topological polar surface area (TPSA) is 124 Å². The number of nitrogens with zero attached hydrogens (tertiary/aromatic N) is 1. The van der Waals surface area contributed by atoms with Gasteiger partial charge in [0.1, 0.15) is 12.2 Å². The zero-order valence-electron chi connectivity index (χ0n) is 15.0. The van der Waals surface area contributed by atoms with Crippen molar-refractivity contribution in [3.8, 4) is 0 Å². The number of imide groups is 1. The number of nitrogens with one attached hydrogen (secondary N) is 2. The number of hydrogen-bond donors (Lipinski definition) is 2. The smallest absolute Gasteiger partial charge is 0.321 e. The highest BCUT2D eigenvalue weighted by molar-refractivity contribution is 7.92. The lowest BCUT2D eigenvalue weighted by Crippen LogP contribution is -2.36. The van der Waals surface area contributed by atoms with E-state index >= 15 is 0 Å². The first kappa shape index (κ1) is 21.1. The second kappa shape index (κ2) is 9.62. The second-order valence-electron chi connectivity index (χ2n) is 5.62. The highest BCUT2D eigenvalue weighted by atomic mass is 32.2. The van der Waals surface area contributed by atoms with Crippen LogP contribution in [0.1, 0.15) is 16.1 Å². The molecule has 0 bridgehead atoms. The summed E-state index contributed by atoms with van der Waals surface area (Å²) in [6.07, 6.45) is 3.01. The number of rotatable bonds is 8. The lowest BCUT2D eigenvalue weighted by atomic mass is 10.2. The summed E-state index contributed by atoms with van der Waals surface area (Å²) in [5.74, 6) is -2.43. The first-order valence-corrected chi connectivity index (χ1v) is 9.65. The highest BCUT2D eigenvalue weighted by Crippen LogP contribution is 2.02. The molecule has 0 fully saturated rings. The van der Waals surface area contributed by atoms with Gasteiger partial charge in [0.15, 0.2) is 6.61 Å². The van der Waals surface area contributed by atoms with E-state index in [1.807, 2.05) is 4.72 Å². The lowest BCUT2D eigenvalue weighted by molar-refractivity contribution is -0.147. The molecule has 2 amide bonds. The van der Waals surface area contributed by atoms with Gasteiger partial charge in [-0.1, -0.05) is 30.3 Å². The van der Waals surface area contributed by atoms with Crippen molar-refractivity contribution >= 4 is 33.9 Å². The van der Waals surface area contributed by atoms with Crippen molar-refractivity contribution in [2.24, 2.45) is 7.05 Å². The Kier molecular flexibility index (Phi) is 7.24. The fourth-order valence-electron chi connectivity index (χ4n) is 2.06. The number of esters is 1. The Morgan fingerprint density at radius 2 is 1.82 bits per heavy atom. The number of carbonyl (C=O) groups is 3. The molecule has 28 heavy (non-hydrogen) atoms. The summed E-state index contributed by atoms with van der Waals surface area (Å²) < 4.78 is 31.8. The largest absolute Gasteiger partial charge is 0.455 e. The SMILES string of the molecule is Cn1cccc1C(=O)NC(=O)COC(=O)CNS(=O)(=O)C=Cc1ccccc1. The molecule has 0 aliphatic heterocycles. The van der Waals surface area contributed by atoms with E-state index in [4.69, 9.17) is 0 Å². The van der Waals surface area contributed by atoms with Gasteiger partial charge in [-0.05, 0) is 23.8 Å². The Morgan fingerprint density at radius 1 is 1.11 bits per heavy atom. The predicted molar refractivity (Wildman–Crippen MR) is 101 cm³/mol. The van der Waals surface area contributed by atoms with E-state index in [-0.39, 0.29) is 5.69 Å². The zero-order valence-corrected chi connectivity index (χ0v) is 15.8. The van der Waals surface area contributed by atoms with Crippen molar-refractivity contribution in [1.29, 1.82) is 0 Å². The molecule has 0 saturated carbocycles. The van der Waals surface area contributed by atoms with Gasteiger partial charge in [-0.25, -0.2) is 13.1 Å². The van der Waals surface area contributed by atoms with Crippen LogP contribution in [0.5, 0.6) is 0 Å². The molecular formula is C18H19N3O6S. The molecule has 10 heteroatoms. The molecule has 2 rings (SSSR count). The summed E-state index contributed by atoms with van der Waals surface area (Å²) in [6, 6.07) is 11.9. The molecule has 148 valence electrons. The normalized spacial score (nSPS) is 11.3. The molecule has 2 aromatic rings. The minimum absolute atomic E-state index is 0.262. The van der Waals surface area contributed by atoms with Crippen LogP contribution in [0.25, 0.3) is 6.08 Å². The fraction of sp³-hybridized carbons (Fsp3) is 0.167. The number of amides is 2. The molecule has 2 N–H and O–H groups in total. The molecule has 0 radical (unpaired) electrons. The Labute approximate surface area is 162 Å². The van der Waals surface area contributed by atoms with Crippen LogP contribution < -0.4 is 10.0 Å². The summed E-state index contributed by atoms with van der Waals surface area (Å²) in [6.45, 7) is -1.36. The molecule has 0 atom stereocenters. The van der Waals surface area contributed by atoms with Crippen LogP contribution in [0.3, 0.4) is 0 Å². The van der Waals surface area contributed by atoms with Crippen LogP contribution >= 0.6 is 0 Å². The highest BCUT2D eigenvalue weighted by Gasteiger charge is 2.15. The quantitative estimate of drug-likeness (QED) is 0.614. The van der Waals surface area contributed by atoms with E-state index in [1.165, 1.54) is 16.7 Å². The number of aromatic nitrogens is 1. The molecule has 0 saturated heterocycles. The van der Waals surface area contributed by atoms with E-state index in [0.29, 0.717) is 5.56 Å². The summed E-state index contributed by atoms with van der Waals surface area (Å²) in [5, 5.41) is 2.98. The molecule has 0 aliphatic rings. The van der Waals surface area contributed by atoms with Crippen LogP contribution in [-0.4, -0.2) is 43.9 Å². The maximum Gasteiger partial charge on any atom is 0.321 e. The Balaban J connectivity index is 1.74. The first-order chi connectivity index (χ1) is 13.3. The van der Waals surface area contributed by atoms with Crippen LogP contribution in [0, 0.1) is 0 Å². The number of sulfonamides is 1. The van der Waals surface area contributed by atoms with E-state index in [1.54, 1.807) is 49.6 Å². The van der Waals surface area contributed by atoms with Crippen molar-refractivity contribution < 1.29 is 27.5 Å². The van der Waals surface area contributed by atoms with Crippen molar-refractivity contribution in [2.75, 3.05) is 13.2 Å². The number of benzene rings is 1. The van der Waals surface area contributed by atoms with Gasteiger partial charge >= 0.3 is 5.97 Å². The standard InChI is InChI=1S/C18H19N3O6S/c1-21-10-5-8-15(21)18(24)20-16(22)13-27-17(23)12-19-28(25,26)11-9-14-6-3-2-4-7-14/h2-11,19H,12-13H2,1H3,(H,20,22,24). The molecule has 0 aliphatic carbocycles. The van der Waals surface area contributed by atoms with Crippen molar-refractivity contribution in [2.45, 2.75) is 0 Å². The number of hydrogen-bond acceptors (Lipinski definition) is 6. The van der Waals surface area contributed by atoms with Crippen molar-refractivity contribution in [1.82, 2.24) is 14.6 Å². The third kappa shape index (κ3) is 6.82. The molecule has 1 aromatic heterocycles. The van der Waals surface area contributed by atoms with Crippen LogP contribution in [0.15, 0.2) is 54.1 Å². The summed E-state index contributed by atoms with van der Waals surface area (Å²) in [4.78, 5) is 35.1. The summed E-state index contributed by atoms with van der Waals surface area (Å²) in [7, 11) is -2.22. The van der Waals surface area contributed by atoms with Gasteiger partial charge in [0.05, 0.1) is 0 Å². The number of aryl methyl sites for hydroxylation is 1. The average Bonchev–Trinajstić information content (AvgIpc) is 3.10. The van der Waals surface area contributed by atoms with Gasteiger partial charge in [-0.15, -0.1) is 0 Å².